The molecule has 0 aromatic carbocycles. The third kappa shape index (κ3) is 4.50. The normalized spacial score (nSPS) is 47.2. The average Bonchev–Trinajstić information content (AvgIpc) is 3.45. The van der Waals surface area contributed by atoms with Gasteiger partial charge in [-0.15, -0.1) is 0 Å². The van der Waals surface area contributed by atoms with Crippen LogP contribution in [0, 0.1) is 34.5 Å². The van der Waals surface area contributed by atoms with Crippen LogP contribution in [0.3, 0.4) is 0 Å². The van der Waals surface area contributed by atoms with Gasteiger partial charge in [-0.1, -0.05) is 27.7 Å². The summed E-state index contributed by atoms with van der Waals surface area (Å²) in [5.41, 5.74) is -2.30. The minimum Gasteiger partial charge on any atom is -0.465 e. The van der Waals surface area contributed by atoms with Crippen molar-refractivity contribution in [1.29, 1.82) is 0 Å². The molecule has 5 rings (SSSR count). The molecular formula is C29H44O10. The molecule has 12 atom stereocenters. The van der Waals surface area contributed by atoms with E-state index >= 15 is 0 Å². The molecule has 10 nitrogen and oxygen atoms in total. The van der Waals surface area contributed by atoms with E-state index in [9.17, 15) is 19.5 Å². The van der Waals surface area contributed by atoms with E-state index in [4.69, 9.17) is 28.4 Å². The van der Waals surface area contributed by atoms with Crippen molar-refractivity contribution in [1.82, 2.24) is 0 Å². The molecule has 220 valence electrons. The van der Waals surface area contributed by atoms with Crippen LogP contribution in [0.4, 0.5) is 0 Å². The number of fused-ring (bicyclic) bond motifs is 3. The smallest absolute Gasteiger partial charge is 0.309 e. The minimum atomic E-state index is -0.947. The quantitative estimate of drug-likeness (QED) is 0.286. The fraction of sp³-hybridized carbons (Fsp3) is 0.897. The van der Waals surface area contributed by atoms with E-state index < -0.39 is 53.2 Å². The van der Waals surface area contributed by atoms with Gasteiger partial charge in [0.25, 0.3) is 0 Å². The topological polar surface area (TPSA) is 130 Å². The van der Waals surface area contributed by atoms with Crippen molar-refractivity contribution in [2.24, 2.45) is 34.5 Å². The van der Waals surface area contributed by atoms with Crippen molar-refractivity contribution in [3.8, 4) is 0 Å². The van der Waals surface area contributed by atoms with Gasteiger partial charge in [0.15, 0.2) is 12.6 Å². The molecule has 5 aliphatic rings. The Morgan fingerprint density at radius 1 is 1.03 bits per heavy atom. The van der Waals surface area contributed by atoms with Gasteiger partial charge in [0, 0.05) is 31.6 Å². The van der Waals surface area contributed by atoms with Crippen LogP contribution in [-0.4, -0.2) is 72.7 Å². The molecule has 1 N–H and O–H groups in total. The molecule has 39 heavy (non-hydrogen) atoms. The molecule has 0 radical (unpaired) electrons. The maximum atomic E-state index is 13.0. The van der Waals surface area contributed by atoms with Crippen LogP contribution in [0.5, 0.6) is 0 Å². The van der Waals surface area contributed by atoms with Crippen molar-refractivity contribution < 1.29 is 47.9 Å². The summed E-state index contributed by atoms with van der Waals surface area (Å²) in [4.78, 5) is 37.7. The highest BCUT2D eigenvalue weighted by Gasteiger charge is 2.80. The Labute approximate surface area is 230 Å². The van der Waals surface area contributed by atoms with Gasteiger partial charge < -0.3 is 33.5 Å². The van der Waals surface area contributed by atoms with E-state index in [-0.39, 0.29) is 42.4 Å². The van der Waals surface area contributed by atoms with Crippen molar-refractivity contribution in [2.45, 2.75) is 117 Å². The molecule has 0 bridgehead atoms. The van der Waals surface area contributed by atoms with Crippen molar-refractivity contribution in [2.75, 3.05) is 13.2 Å². The Morgan fingerprint density at radius 2 is 1.74 bits per heavy atom. The number of esters is 3. The lowest BCUT2D eigenvalue weighted by Crippen LogP contribution is -2.72. The summed E-state index contributed by atoms with van der Waals surface area (Å²) in [7, 11) is 0. The SMILES string of the molecule is CCC(C)C(=O)OC1CCC2C(C)(C3CC4CC(O)OC4O3)C(C)CC(OC(C)=O)C2(COC(C)=O)C12CO2. The minimum absolute atomic E-state index is 0.0145. The van der Waals surface area contributed by atoms with E-state index in [1.54, 1.807) is 0 Å². The number of aliphatic hydroxyl groups excluding tert-OH is 1. The third-order valence-corrected chi connectivity index (χ3v) is 10.8. The fourth-order valence-corrected chi connectivity index (χ4v) is 8.37. The molecule has 3 heterocycles. The molecule has 0 aromatic heterocycles. The van der Waals surface area contributed by atoms with Crippen molar-refractivity contribution in [3.05, 3.63) is 0 Å². The highest BCUT2D eigenvalue weighted by molar-refractivity contribution is 5.72. The van der Waals surface area contributed by atoms with E-state index in [0.29, 0.717) is 38.7 Å². The van der Waals surface area contributed by atoms with Crippen LogP contribution in [0.2, 0.25) is 0 Å². The summed E-state index contributed by atoms with van der Waals surface area (Å²) in [6.45, 7) is 11.2. The van der Waals surface area contributed by atoms with Crippen molar-refractivity contribution >= 4 is 17.9 Å². The van der Waals surface area contributed by atoms with Gasteiger partial charge in [0.1, 0.15) is 24.4 Å². The van der Waals surface area contributed by atoms with Crippen LogP contribution in [0.1, 0.15) is 80.1 Å². The molecule has 10 heteroatoms. The standard InChI is InChI=1S/C29H44O10/c1-7-15(2)25(33)37-21-9-8-20-27(6,22-11-19-12-24(32)39-26(19)38-22)16(3)10-23(36-18(5)31)28(20,13-34-17(4)30)29(21)14-35-29/h15-16,19-24,26,32H,7-14H2,1-6H3. The summed E-state index contributed by atoms with van der Waals surface area (Å²) in [5.74, 6) is -1.34. The van der Waals surface area contributed by atoms with E-state index in [0.717, 1.165) is 6.42 Å². The highest BCUT2D eigenvalue weighted by atomic mass is 16.7. The number of carbonyl (C=O) groups is 3. The average molecular weight is 553 g/mol. The molecule has 0 amide bonds. The molecule has 5 fully saturated rings. The number of carbonyl (C=O) groups excluding carboxylic acids is 3. The lowest BCUT2D eigenvalue weighted by Gasteiger charge is -2.64. The molecule has 12 unspecified atom stereocenters. The number of rotatable bonds is 7. The summed E-state index contributed by atoms with van der Waals surface area (Å²) < 4.78 is 36.4. The number of hydrogen-bond donors (Lipinski definition) is 1. The van der Waals surface area contributed by atoms with Crippen LogP contribution in [-0.2, 0) is 42.8 Å². The second-order valence-corrected chi connectivity index (χ2v) is 12.8. The predicted molar refractivity (Wildman–Crippen MR) is 136 cm³/mol. The number of epoxide rings is 1. The first-order chi connectivity index (χ1) is 18.4. The maximum Gasteiger partial charge on any atom is 0.309 e. The predicted octanol–water partition coefficient (Wildman–Crippen LogP) is 3.12. The Bertz CT molecular complexity index is 965. The second kappa shape index (κ2) is 10.3. The second-order valence-electron chi connectivity index (χ2n) is 12.8. The summed E-state index contributed by atoms with van der Waals surface area (Å²) in [6.07, 6.45) is 1.08. The summed E-state index contributed by atoms with van der Waals surface area (Å²) >= 11 is 0. The Kier molecular flexibility index (Phi) is 7.57. The van der Waals surface area contributed by atoms with Crippen LogP contribution < -0.4 is 0 Å². The molecule has 3 aliphatic heterocycles. The lowest BCUT2D eigenvalue weighted by atomic mass is 9.42. The summed E-state index contributed by atoms with van der Waals surface area (Å²) in [6, 6.07) is 0. The first-order valence-corrected chi connectivity index (χ1v) is 14.5. The maximum absolute atomic E-state index is 13.0. The fourth-order valence-electron chi connectivity index (χ4n) is 8.37. The molecule has 0 aromatic rings. The third-order valence-electron chi connectivity index (χ3n) is 10.8. The highest BCUT2D eigenvalue weighted by Crippen LogP contribution is 2.70. The van der Waals surface area contributed by atoms with E-state index in [1.165, 1.54) is 13.8 Å². The van der Waals surface area contributed by atoms with Gasteiger partial charge in [0.2, 0.25) is 0 Å². The Balaban J connectivity index is 1.57. The van der Waals surface area contributed by atoms with Gasteiger partial charge in [-0.2, -0.15) is 0 Å². The van der Waals surface area contributed by atoms with Crippen LogP contribution in [0.15, 0.2) is 0 Å². The van der Waals surface area contributed by atoms with Gasteiger partial charge in [-0.05, 0) is 43.9 Å². The number of aliphatic hydroxyl groups is 1. The van der Waals surface area contributed by atoms with E-state index in [2.05, 4.69) is 13.8 Å². The first-order valence-electron chi connectivity index (χ1n) is 14.5. The van der Waals surface area contributed by atoms with Gasteiger partial charge in [0.05, 0.1) is 24.0 Å². The van der Waals surface area contributed by atoms with Gasteiger partial charge >= 0.3 is 17.9 Å². The Hall–Kier alpha value is -1.75. The monoisotopic (exact) mass is 552 g/mol. The molecule has 2 aliphatic carbocycles. The largest absolute Gasteiger partial charge is 0.465 e. The molecule has 1 spiro atoms. The first kappa shape index (κ1) is 28.8. The van der Waals surface area contributed by atoms with Crippen LogP contribution in [0.25, 0.3) is 0 Å². The zero-order chi connectivity index (χ0) is 28.3. The lowest BCUT2D eigenvalue weighted by molar-refractivity contribution is -0.276. The Morgan fingerprint density at radius 3 is 2.33 bits per heavy atom. The zero-order valence-corrected chi connectivity index (χ0v) is 24.0. The van der Waals surface area contributed by atoms with Crippen LogP contribution >= 0.6 is 0 Å². The van der Waals surface area contributed by atoms with Crippen molar-refractivity contribution in [3.63, 3.8) is 0 Å². The van der Waals surface area contributed by atoms with E-state index in [1.807, 2.05) is 13.8 Å². The number of ether oxygens (including phenoxy) is 6. The molecular weight excluding hydrogens is 508 g/mol. The molecule has 2 saturated carbocycles. The zero-order valence-electron chi connectivity index (χ0n) is 24.0. The van der Waals surface area contributed by atoms with Gasteiger partial charge in [-0.25, -0.2) is 0 Å². The summed E-state index contributed by atoms with van der Waals surface area (Å²) in [5, 5.41) is 9.99. The van der Waals surface area contributed by atoms with Gasteiger partial charge in [-0.3, -0.25) is 14.4 Å². The number of hydrogen-bond acceptors (Lipinski definition) is 10. The molecule has 3 saturated heterocycles.